The Morgan fingerprint density at radius 3 is 2.42 bits per heavy atom. The molecule has 4 aromatic rings. The van der Waals surface area contributed by atoms with Crippen LogP contribution in [-0.2, 0) is 10.0 Å². The van der Waals surface area contributed by atoms with Crippen molar-refractivity contribution in [2.45, 2.75) is 4.90 Å². The molecule has 0 saturated heterocycles. The maximum absolute atomic E-state index is 13.1. The van der Waals surface area contributed by atoms with Crippen molar-refractivity contribution < 1.29 is 26.9 Å². The van der Waals surface area contributed by atoms with E-state index in [9.17, 15) is 22.9 Å². The van der Waals surface area contributed by atoms with Crippen molar-refractivity contribution in [1.29, 1.82) is 0 Å². The zero-order chi connectivity index (χ0) is 25.7. The van der Waals surface area contributed by atoms with Crippen molar-refractivity contribution in [1.82, 2.24) is 0 Å². The zero-order valence-corrected chi connectivity index (χ0v) is 19.5. The molecular weight excluding hydrogens is 491 g/mol. The minimum atomic E-state index is -4.10. The number of methoxy groups -OCH3 is 1. The number of benzene rings is 3. The molecule has 0 unspecified atom stereocenters. The predicted molar refractivity (Wildman–Crippen MR) is 132 cm³/mol. The molecule has 3 aromatic carbocycles. The summed E-state index contributed by atoms with van der Waals surface area (Å²) >= 11 is 0. The number of hydrogen-bond donors (Lipinski definition) is 2. The Balaban J connectivity index is 1.49. The lowest BCUT2D eigenvalue weighted by atomic mass is 10.2. The Bertz CT molecular complexity index is 1520. The molecule has 0 aliphatic rings. The first-order valence-electron chi connectivity index (χ1n) is 10.4. The Labute approximate surface area is 205 Å². The van der Waals surface area contributed by atoms with Gasteiger partial charge in [-0.3, -0.25) is 20.3 Å². The van der Waals surface area contributed by atoms with E-state index in [1.807, 2.05) is 0 Å². The molecule has 0 bridgehead atoms. The van der Waals surface area contributed by atoms with Crippen LogP contribution in [0.3, 0.4) is 0 Å². The van der Waals surface area contributed by atoms with Crippen molar-refractivity contribution in [3.63, 3.8) is 0 Å². The Hall–Kier alpha value is -4.71. The summed E-state index contributed by atoms with van der Waals surface area (Å²) < 4.78 is 51.6. The average molecular weight is 511 g/mol. The maximum Gasteiger partial charge on any atom is 0.295 e. The Morgan fingerprint density at radius 1 is 1.03 bits per heavy atom. The van der Waals surface area contributed by atoms with Gasteiger partial charge in [-0.1, -0.05) is 0 Å². The molecule has 36 heavy (non-hydrogen) atoms. The standard InChI is InChI=1S/C24H19FN4O6S/c1-34-19-8-6-18(7-9-19)28-36(32,33)21-11-12-22(23(14-21)29(30)31)27-26-15-20-10-13-24(35-20)16-2-4-17(25)5-3-16/h2-15,27-28H,1H3/b26-15-. The highest BCUT2D eigenvalue weighted by Crippen LogP contribution is 2.29. The first-order chi connectivity index (χ1) is 17.2. The fourth-order valence-corrected chi connectivity index (χ4v) is 4.23. The summed E-state index contributed by atoms with van der Waals surface area (Å²) in [6.45, 7) is 0. The van der Waals surface area contributed by atoms with E-state index in [4.69, 9.17) is 9.15 Å². The largest absolute Gasteiger partial charge is 0.497 e. The van der Waals surface area contributed by atoms with Gasteiger partial charge in [0.15, 0.2) is 0 Å². The molecule has 0 fully saturated rings. The van der Waals surface area contributed by atoms with Gasteiger partial charge >= 0.3 is 0 Å². The highest BCUT2D eigenvalue weighted by atomic mass is 32.2. The van der Waals surface area contributed by atoms with E-state index in [1.165, 1.54) is 49.7 Å². The number of ether oxygens (including phenoxy) is 1. The number of halogens is 1. The molecule has 0 radical (unpaired) electrons. The number of sulfonamides is 1. The Morgan fingerprint density at radius 2 is 1.75 bits per heavy atom. The highest BCUT2D eigenvalue weighted by molar-refractivity contribution is 7.92. The van der Waals surface area contributed by atoms with Crippen LogP contribution in [0.25, 0.3) is 11.3 Å². The lowest BCUT2D eigenvalue weighted by Gasteiger charge is -2.10. The van der Waals surface area contributed by atoms with Crippen LogP contribution in [0.4, 0.5) is 21.5 Å². The van der Waals surface area contributed by atoms with Gasteiger partial charge in [0.1, 0.15) is 28.8 Å². The molecule has 0 saturated carbocycles. The van der Waals surface area contributed by atoms with Gasteiger partial charge in [0.25, 0.3) is 15.7 Å². The topological polar surface area (TPSA) is 136 Å². The highest BCUT2D eigenvalue weighted by Gasteiger charge is 2.21. The second-order valence-corrected chi connectivity index (χ2v) is 9.03. The molecule has 1 aromatic heterocycles. The van der Waals surface area contributed by atoms with E-state index in [2.05, 4.69) is 15.2 Å². The molecule has 4 rings (SSSR count). The number of rotatable bonds is 9. The van der Waals surface area contributed by atoms with Gasteiger partial charge in [0.2, 0.25) is 0 Å². The SMILES string of the molecule is COc1ccc(NS(=O)(=O)c2ccc(N/N=C\c3ccc(-c4ccc(F)cc4)o3)c([N+](=O)[O-])c2)cc1. The van der Waals surface area contributed by atoms with E-state index < -0.39 is 20.6 Å². The van der Waals surface area contributed by atoms with Gasteiger partial charge in [-0.25, -0.2) is 12.8 Å². The smallest absolute Gasteiger partial charge is 0.295 e. The van der Waals surface area contributed by atoms with Gasteiger partial charge in [0, 0.05) is 17.3 Å². The van der Waals surface area contributed by atoms with Crippen molar-refractivity contribution in [2.24, 2.45) is 5.10 Å². The molecule has 2 N–H and O–H groups in total. The maximum atomic E-state index is 13.1. The molecular formula is C24H19FN4O6S. The van der Waals surface area contributed by atoms with E-state index in [0.717, 1.165) is 6.07 Å². The normalized spacial score (nSPS) is 11.4. The average Bonchev–Trinajstić information content (AvgIpc) is 3.33. The fourth-order valence-electron chi connectivity index (χ4n) is 3.15. The van der Waals surface area contributed by atoms with E-state index >= 15 is 0 Å². The van der Waals surface area contributed by atoms with Crippen molar-refractivity contribution in [2.75, 3.05) is 17.3 Å². The van der Waals surface area contributed by atoms with Crippen LogP contribution in [0.5, 0.6) is 5.75 Å². The third-order valence-electron chi connectivity index (χ3n) is 4.95. The van der Waals surface area contributed by atoms with Crippen LogP contribution < -0.4 is 14.9 Å². The minimum absolute atomic E-state index is 0.0232. The lowest BCUT2D eigenvalue weighted by molar-refractivity contribution is -0.384. The molecule has 0 atom stereocenters. The van der Waals surface area contributed by atoms with Crippen LogP contribution in [0, 0.1) is 15.9 Å². The number of hydrazone groups is 1. The Kier molecular flexibility index (Phi) is 6.97. The summed E-state index contributed by atoms with van der Waals surface area (Å²) in [7, 11) is -2.61. The number of furan rings is 1. The predicted octanol–water partition coefficient (Wildman–Crippen LogP) is 5.25. The van der Waals surface area contributed by atoms with Crippen molar-refractivity contribution in [3.05, 3.63) is 101 Å². The monoisotopic (exact) mass is 510 g/mol. The second-order valence-electron chi connectivity index (χ2n) is 7.35. The van der Waals surface area contributed by atoms with E-state index in [1.54, 1.807) is 36.4 Å². The molecule has 0 aliphatic heterocycles. The number of nitro groups is 1. The summed E-state index contributed by atoms with van der Waals surface area (Å²) in [4.78, 5) is 10.6. The summed E-state index contributed by atoms with van der Waals surface area (Å²) in [6.07, 6.45) is 1.30. The molecule has 1 heterocycles. The molecule has 0 spiro atoms. The van der Waals surface area contributed by atoms with Gasteiger partial charge in [-0.15, -0.1) is 0 Å². The summed E-state index contributed by atoms with van der Waals surface area (Å²) in [6, 6.07) is 18.6. The first-order valence-corrected chi connectivity index (χ1v) is 11.8. The summed E-state index contributed by atoms with van der Waals surface area (Å²) in [5.41, 5.74) is 2.95. The number of nitrogens with zero attached hydrogens (tertiary/aromatic N) is 2. The van der Waals surface area contributed by atoms with Crippen LogP contribution in [0.2, 0.25) is 0 Å². The summed E-state index contributed by atoms with van der Waals surface area (Å²) in [5.74, 6) is 1.01. The third-order valence-corrected chi connectivity index (χ3v) is 6.33. The van der Waals surface area contributed by atoms with Gasteiger partial charge in [-0.05, 0) is 72.8 Å². The first kappa shape index (κ1) is 24.4. The van der Waals surface area contributed by atoms with E-state index in [0.29, 0.717) is 22.8 Å². The fraction of sp³-hybridized carbons (Fsp3) is 0.0417. The molecule has 12 heteroatoms. The molecule has 184 valence electrons. The molecule has 10 nitrogen and oxygen atoms in total. The molecule has 0 aliphatic carbocycles. The lowest BCUT2D eigenvalue weighted by Crippen LogP contribution is -2.13. The number of nitro benzene ring substituents is 1. The van der Waals surface area contributed by atoms with Crippen LogP contribution in [-0.4, -0.2) is 26.7 Å². The van der Waals surface area contributed by atoms with Gasteiger partial charge in [0.05, 0.1) is 23.1 Å². The second kappa shape index (κ2) is 10.3. The zero-order valence-electron chi connectivity index (χ0n) is 18.7. The van der Waals surface area contributed by atoms with Crippen LogP contribution in [0.1, 0.15) is 5.76 Å². The van der Waals surface area contributed by atoms with Gasteiger partial charge in [-0.2, -0.15) is 5.10 Å². The molecule has 0 amide bonds. The minimum Gasteiger partial charge on any atom is -0.497 e. The quantitative estimate of drug-likeness (QED) is 0.178. The van der Waals surface area contributed by atoms with Crippen LogP contribution >= 0.6 is 0 Å². The summed E-state index contributed by atoms with van der Waals surface area (Å²) in [5, 5.41) is 15.5. The van der Waals surface area contributed by atoms with Crippen molar-refractivity contribution >= 4 is 33.3 Å². The van der Waals surface area contributed by atoms with Gasteiger partial charge < -0.3 is 9.15 Å². The number of hydrogen-bond acceptors (Lipinski definition) is 8. The van der Waals surface area contributed by atoms with Crippen LogP contribution in [0.15, 0.2) is 93.3 Å². The van der Waals surface area contributed by atoms with E-state index in [-0.39, 0.29) is 22.1 Å². The number of nitrogens with one attached hydrogen (secondary N) is 2. The number of anilines is 2. The van der Waals surface area contributed by atoms with Crippen molar-refractivity contribution in [3.8, 4) is 17.1 Å². The third kappa shape index (κ3) is 5.67.